The molecular weight excluding hydrogens is 290 g/mol. The molecule has 5 heteroatoms. The first-order valence-electron chi connectivity index (χ1n) is 7.36. The Hall–Kier alpha value is -0.520. The molecule has 0 bridgehead atoms. The van der Waals surface area contributed by atoms with Crippen LogP contribution < -0.4 is 0 Å². The molecule has 1 amide bonds. The molecule has 2 aliphatic rings. The molecule has 3 rings (SSSR count). The van der Waals surface area contributed by atoms with Gasteiger partial charge in [0.25, 0.3) is 0 Å². The molecule has 3 nitrogen and oxygen atoms in total. The molecule has 0 radical (unpaired) electrons. The monoisotopic (exact) mass is 311 g/mol. The van der Waals surface area contributed by atoms with Crippen LogP contribution in [0.2, 0.25) is 0 Å². The summed E-state index contributed by atoms with van der Waals surface area (Å²) >= 11 is 3.84. The van der Waals surface area contributed by atoms with Crippen molar-refractivity contribution in [3.8, 4) is 0 Å². The minimum Gasteiger partial charge on any atom is -0.381 e. The Bertz CT molecular complexity index is 429. The smallest absolute Gasteiger partial charge is 0.225 e. The normalized spacial score (nSPS) is 25.4. The van der Waals surface area contributed by atoms with Gasteiger partial charge in [0, 0.05) is 48.1 Å². The summed E-state index contributed by atoms with van der Waals surface area (Å²) in [6.45, 7) is 3.31. The third kappa shape index (κ3) is 3.38. The first-order valence-corrected chi connectivity index (χ1v) is 9.29. The predicted octanol–water partition coefficient (Wildman–Crippen LogP) is 3.18. The summed E-state index contributed by atoms with van der Waals surface area (Å²) in [6.07, 6.45) is 2.88. The van der Waals surface area contributed by atoms with E-state index >= 15 is 0 Å². The van der Waals surface area contributed by atoms with Crippen molar-refractivity contribution < 1.29 is 9.53 Å². The van der Waals surface area contributed by atoms with Crippen LogP contribution >= 0.6 is 23.1 Å². The summed E-state index contributed by atoms with van der Waals surface area (Å²) in [6, 6.07) is 4.34. The van der Waals surface area contributed by atoms with Crippen molar-refractivity contribution in [3.05, 3.63) is 22.4 Å². The minimum atomic E-state index is 0.201. The van der Waals surface area contributed by atoms with Crippen LogP contribution in [0, 0.1) is 5.92 Å². The van der Waals surface area contributed by atoms with Crippen molar-refractivity contribution in [1.82, 2.24) is 4.90 Å². The first-order chi connectivity index (χ1) is 9.84. The Labute approximate surface area is 128 Å². The zero-order chi connectivity index (χ0) is 13.8. The van der Waals surface area contributed by atoms with Crippen molar-refractivity contribution in [1.29, 1.82) is 0 Å². The third-order valence-corrected chi connectivity index (χ3v) is 6.53. The molecule has 0 N–H and O–H groups in total. The van der Waals surface area contributed by atoms with Gasteiger partial charge in [0.15, 0.2) is 0 Å². The largest absolute Gasteiger partial charge is 0.381 e. The zero-order valence-corrected chi connectivity index (χ0v) is 13.3. The lowest BCUT2D eigenvalue weighted by atomic mass is 9.98. The first kappa shape index (κ1) is 14.4. The minimum absolute atomic E-state index is 0.201. The number of thioether (sulfide) groups is 1. The van der Waals surface area contributed by atoms with Gasteiger partial charge < -0.3 is 9.64 Å². The van der Waals surface area contributed by atoms with Gasteiger partial charge >= 0.3 is 0 Å². The second kappa shape index (κ2) is 6.96. The van der Waals surface area contributed by atoms with Gasteiger partial charge in [0.1, 0.15) is 0 Å². The maximum Gasteiger partial charge on any atom is 0.225 e. The lowest BCUT2D eigenvalue weighted by Gasteiger charge is -2.28. The summed E-state index contributed by atoms with van der Waals surface area (Å²) in [5, 5.41) is 2.72. The maximum atomic E-state index is 12.6. The van der Waals surface area contributed by atoms with E-state index in [9.17, 15) is 4.79 Å². The van der Waals surface area contributed by atoms with Crippen molar-refractivity contribution in [2.24, 2.45) is 5.92 Å². The predicted molar refractivity (Wildman–Crippen MR) is 84.3 cm³/mol. The van der Waals surface area contributed by atoms with Gasteiger partial charge in [0.2, 0.25) is 5.91 Å². The molecule has 3 heterocycles. The van der Waals surface area contributed by atoms with Crippen LogP contribution in [0.25, 0.3) is 0 Å². The summed E-state index contributed by atoms with van der Waals surface area (Å²) < 4.78 is 5.35. The molecule has 0 unspecified atom stereocenters. The van der Waals surface area contributed by atoms with Gasteiger partial charge in [-0.15, -0.1) is 11.3 Å². The van der Waals surface area contributed by atoms with Crippen LogP contribution in [0.3, 0.4) is 0 Å². The highest BCUT2D eigenvalue weighted by Crippen LogP contribution is 2.37. The van der Waals surface area contributed by atoms with E-state index in [1.54, 1.807) is 0 Å². The maximum absolute atomic E-state index is 12.6. The molecule has 2 saturated heterocycles. The molecule has 0 aliphatic carbocycles. The number of ether oxygens (including phenoxy) is 1. The molecule has 1 aromatic heterocycles. The Morgan fingerprint density at radius 2 is 2.10 bits per heavy atom. The van der Waals surface area contributed by atoms with Gasteiger partial charge in [-0.3, -0.25) is 4.79 Å². The number of hydrogen-bond acceptors (Lipinski definition) is 4. The van der Waals surface area contributed by atoms with Crippen LogP contribution in [0.15, 0.2) is 17.5 Å². The molecular formula is C15H21NO2S2. The van der Waals surface area contributed by atoms with E-state index in [0.717, 1.165) is 51.3 Å². The fourth-order valence-electron chi connectivity index (χ4n) is 2.90. The Morgan fingerprint density at radius 3 is 2.85 bits per heavy atom. The third-order valence-electron chi connectivity index (χ3n) is 4.08. The molecule has 0 saturated carbocycles. The summed E-state index contributed by atoms with van der Waals surface area (Å²) in [4.78, 5) is 16.1. The fourth-order valence-corrected chi connectivity index (χ4v) is 5.13. The molecule has 0 aromatic carbocycles. The Balaban J connectivity index is 1.57. The molecule has 0 spiro atoms. The summed E-state index contributed by atoms with van der Waals surface area (Å²) in [5.74, 6) is 1.62. The Morgan fingerprint density at radius 1 is 1.25 bits per heavy atom. The van der Waals surface area contributed by atoms with Gasteiger partial charge in [-0.25, -0.2) is 0 Å². The van der Waals surface area contributed by atoms with Crippen LogP contribution in [0.4, 0.5) is 0 Å². The standard InChI is InChI=1S/C15H21NO2S2/c17-15(12-4-8-18-9-5-12)16-6-3-14(20-11-7-16)13-2-1-10-19-13/h1-2,10,12,14H,3-9,11H2/t14-/m0/s1. The molecule has 2 aliphatic heterocycles. The highest BCUT2D eigenvalue weighted by Gasteiger charge is 2.28. The number of thiophene rings is 1. The van der Waals surface area contributed by atoms with E-state index in [1.807, 2.05) is 23.1 Å². The van der Waals surface area contributed by atoms with Crippen molar-refractivity contribution in [2.75, 3.05) is 32.1 Å². The lowest BCUT2D eigenvalue weighted by molar-refractivity contribution is -0.138. The summed E-state index contributed by atoms with van der Waals surface area (Å²) in [5.41, 5.74) is 0. The molecule has 1 aromatic rings. The van der Waals surface area contributed by atoms with Crippen LogP contribution in [0.5, 0.6) is 0 Å². The number of amides is 1. The average Bonchev–Trinajstić information content (AvgIpc) is 2.92. The number of rotatable bonds is 2. The van der Waals surface area contributed by atoms with Crippen LogP contribution in [0.1, 0.15) is 29.4 Å². The second-order valence-corrected chi connectivity index (χ2v) is 7.67. The van der Waals surface area contributed by atoms with Crippen LogP contribution in [-0.2, 0) is 9.53 Å². The Kier molecular flexibility index (Phi) is 5.02. The highest BCUT2D eigenvalue weighted by atomic mass is 32.2. The SMILES string of the molecule is O=C(C1CCOCC1)N1CCS[C@H](c2cccs2)CC1. The average molecular weight is 311 g/mol. The van der Waals surface area contributed by atoms with E-state index in [2.05, 4.69) is 22.4 Å². The van der Waals surface area contributed by atoms with Gasteiger partial charge in [0.05, 0.1) is 0 Å². The van der Waals surface area contributed by atoms with E-state index < -0.39 is 0 Å². The van der Waals surface area contributed by atoms with Crippen molar-refractivity contribution >= 4 is 29.0 Å². The topological polar surface area (TPSA) is 29.5 Å². The van der Waals surface area contributed by atoms with Crippen molar-refractivity contribution in [2.45, 2.75) is 24.5 Å². The second-order valence-electron chi connectivity index (χ2n) is 5.38. The zero-order valence-electron chi connectivity index (χ0n) is 11.6. The van der Waals surface area contributed by atoms with Crippen LogP contribution in [-0.4, -0.2) is 42.9 Å². The number of hydrogen-bond donors (Lipinski definition) is 0. The highest BCUT2D eigenvalue weighted by molar-refractivity contribution is 7.99. The fraction of sp³-hybridized carbons (Fsp3) is 0.667. The summed E-state index contributed by atoms with van der Waals surface area (Å²) in [7, 11) is 0. The van der Waals surface area contributed by atoms with Crippen molar-refractivity contribution in [3.63, 3.8) is 0 Å². The molecule has 110 valence electrons. The molecule has 1 atom stereocenters. The number of carbonyl (C=O) groups is 1. The number of carbonyl (C=O) groups excluding carboxylic acids is 1. The van der Waals surface area contributed by atoms with Gasteiger partial charge in [-0.1, -0.05) is 6.07 Å². The van der Waals surface area contributed by atoms with E-state index in [4.69, 9.17) is 4.74 Å². The van der Waals surface area contributed by atoms with E-state index in [1.165, 1.54) is 4.88 Å². The van der Waals surface area contributed by atoms with E-state index in [0.29, 0.717) is 11.2 Å². The van der Waals surface area contributed by atoms with Gasteiger partial charge in [-0.05, 0) is 30.7 Å². The molecule has 2 fully saturated rings. The lowest BCUT2D eigenvalue weighted by Crippen LogP contribution is -2.39. The van der Waals surface area contributed by atoms with E-state index in [-0.39, 0.29) is 5.92 Å². The molecule has 20 heavy (non-hydrogen) atoms. The quantitative estimate of drug-likeness (QED) is 0.840. The van der Waals surface area contributed by atoms with Gasteiger partial charge in [-0.2, -0.15) is 11.8 Å². The number of nitrogens with zero attached hydrogens (tertiary/aromatic N) is 1.